The molecule has 0 amide bonds. The average Bonchev–Trinajstić information content (AvgIpc) is 2.44. The SMILES string of the molecule is CO[C@H]1C[C@H](OC(=O)c2ccccc2)[C@@H](O)[C@H](C)O1. The number of esters is 1. The van der Waals surface area contributed by atoms with Gasteiger partial charge in [0.05, 0.1) is 11.7 Å². The summed E-state index contributed by atoms with van der Waals surface area (Å²) in [6.07, 6.45) is -2.06. The molecule has 1 heterocycles. The van der Waals surface area contributed by atoms with Crippen molar-refractivity contribution in [3.8, 4) is 0 Å². The molecule has 1 aliphatic heterocycles. The minimum absolute atomic E-state index is 0.320. The van der Waals surface area contributed by atoms with E-state index in [0.717, 1.165) is 0 Å². The molecular formula is C14H18O5. The Labute approximate surface area is 112 Å². The quantitative estimate of drug-likeness (QED) is 0.837. The molecule has 5 nitrogen and oxygen atoms in total. The first kappa shape index (κ1) is 14.0. The van der Waals surface area contributed by atoms with Crippen LogP contribution in [0.25, 0.3) is 0 Å². The van der Waals surface area contributed by atoms with Crippen LogP contribution in [0.2, 0.25) is 0 Å². The zero-order valence-corrected chi connectivity index (χ0v) is 11.0. The summed E-state index contributed by atoms with van der Waals surface area (Å²) in [5, 5.41) is 9.99. The van der Waals surface area contributed by atoms with E-state index in [1.807, 2.05) is 6.07 Å². The lowest BCUT2D eigenvalue weighted by molar-refractivity contribution is -0.236. The van der Waals surface area contributed by atoms with Crippen LogP contribution in [0.4, 0.5) is 0 Å². The van der Waals surface area contributed by atoms with Crippen molar-refractivity contribution in [2.24, 2.45) is 0 Å². The molecule has 1 saturated heterocycles. The Morgan fingerprint density at radius 1 is 1.37 bits per heavy atom. The highest BCUT2D eigenvalue weighted by Gasteiger charge is 2.37. The molecule has 0 saturated carbocycles. The lowest BCUT2D eigenvalue weighted by Gasteiger charge is -2.36. The summed E-state index contributed by atoms with van der Waals surface area (Å²) < 4.78 is 15.8. The molecule has 0 bridgehead atoms. The number of hydrogen-bond acceptors (Lipinski definition) is 5. The van der Waals surface area contributed by atoms with Gasteiger partial charge in [-0.1, -0.05) is 18.2 Å². The Bertz CT molecular complexity index is 419. The van der Waals surface area contributed by atoms with Crippen molar-refractivity contribution in [3.63, 3.8) is 0 Å². The van der Waals surface area contributed by atoms with Crippen molar-refractivity contribution in [3.05, 3.63) is 35.9 Å². The maximum atomic E-state index is 11.9. The number of ether oxygens (including phenoxy) is 3. The van der Waals surface area contributed by atoms with Crippen LogP contribution < -0.4 is 0 Å². The molecule has 5 heteroatoms. The number of carbonyl (C=O) groups excluding carboxylic acids is 1. The topological polar surface area (TPSA) is 65.0 Å². The van der Waals surface area contributed by atoms with Gasteiger partial charge < -0.3 is 19.3 Å². The minimum atomic E-state index is -0.848. The largest absolute Gasteiger partial charge is 0.456 e. The van der Waals surface area contributed by atoms with Gasteiger partial charge in [-0.25, -0.2) is 4.79 Å². The fraction of sp³-hybridized carbons (Fsp3) is 0.500. The summed E-state index contributed by atoms with van der Waals surface area (Å²) in [6.45, 7) is 1.72. The molecule has 4 atom stereocenters. The van der Waals surface area contributed by atoms with Gasteiger partial charge in [0.1, 0.15) is 12.2 Å². The third kappa shape index (κ3) is 3.32. The van der Waals surface area contributed by atoms with Gasteiger partial charge in [0, 0.05) is 13.5 Å². The zero-order chi connectivity index (χ0) is 13.8. The van der Waals surface area contributed by atoms with Crippen LogP contribution in [0.15, 0.2) is 30.3 Å². The Hall–Kier alpha value is -1.43. The van der Waals surface area contributed by atoms with Crippen molar-refractivity contribution in [2.75, 3.05) is 7.11 Å². The Balaban J connectivity index is 2.02. The highest BCUT2D eigenvalue weighted by atomic mass is 16.7. The van der Waals surface area contributed by atoms with E-state index in [1.165, 1.54) is 7.11 Å². The van der Waals surface area contributed by atoms with Gasteiger partial charge in [0.15, 0.2) is 6.29 Å². The number of rotatable bonds is 3. The fourth-order valence-electron chi connectivity index (χ4n) is 2.06. The van der Waals surface area contributed by atoms with Gasteiger partial charge in [-0.05, 0) is 19.1 Å². The normalized spacial score (nSPS) is 30.9. The van der Waals surface area contributed by atoms with Gasteiger partial charge in [0.25, 0.3) is 0 Å². The van der Waals surface area contributed by atoms with E-state index in [4.69, 9.17) is 14.2 Å². The smallest absolute Gasteiger partial charge is 0.338 e. The number of hydrogen-bond donors (Lipinski definition) is 1. The van der Waals surface area contributed by atoms with Gasteiger partial charge >= 0.3 is 5.97 Å². The summed E-state index contributed by atoms with van der Waals surface area (Å²) in [7, 11) is 1.52. The van der Waals surface area contributed by atoms with Crippen LogP contribution in [0, 0.1) is 0 Å². The summed E-state index contributed by atoms with van der Waals surface area (Å²) in [5.41, 5.74) is 0.461. The van der Waals surface area contributed by atoms with E-state index < -0.39 is 30.6 Å². The molecule has 1 aliphatic rings. The summed E-state index contributed by atoms with van der Waals surface area (Å²) in [5.74, 6) is -0.450. The van der Waals surface area contributed by atoms with E-state index in [0.29, 0.717) is 12.0 Å². The van der Waals surface area contributed by atoms with Crippen molar-refractivity contribution in [1.29, 1.82) is 0 Å². The highest BCUT2D eigenvalue weighted by Crippen LogP contribution is 2.23. The van der Waals surface area contributed by atoms with Crippen LogP contribution in [0.3, 0.4) is 0 Å². The lowest BCUT2D eigenvalue weighted by Crippen LogP contribution is -2.49. The van der Waals surface area contributed by atoms with Crippen LogP contribution >= 0.6 is 0 Å². The molecule has 1 aromatic rings. The number of aliphatic hydroxyl groups is 1. The van der Waals surface area contributed by atoms with Crippen LogP contribution in [-0.4, -0.2) is 42.8 Å². The van der Waals surface area contributed by atoms with Crippen molar-refractivity contribution >= 4 is 5.97 Å². The third-order valence-corrected chi connectivity index (χ3v) is 3.18. The predicted octanol–water partition coefficient (Wildman–Crippen LogP) is 1.35. The fourth-order valence-corrected chi connectivity index (χ4v) is 2.06. The van der Waals surface area contributed by atoms with Gasteiger partial charge in [-0.15, -0.1) is 0 Å². The summed E-state index contributed by atoms with van der Waals surface area (Å²) in [4.78, 5) is 11.9. The first-order valence-electron chi connectivity index (χ1n) is 6.24. The maximum Gasteiger partial charge on any atom is 0.338 e. The molecule has 19 heavy (non-hydrogen) atoms. The van der Waals surface area contributed by atoms with E-state index in [1.54, 1.807) is 31.2 Å². The monoisotopic (exact) mass is 266 g/mol. The standard InChI is InChI=1S/C14H18O5/c1-9-13(15)11(8-12(17-2)18-9)19-14(16)10-6-4-3-5-7-10/h3-7,9,11-13,15H,8H2,1-2H3/t9-,11-,12+,13-/m0/s1. The predicted molar refractivity (Wildman–Crippen MR) is 67.6 cm³/mol. The molecular weight excluding hydrogens is 248 g/mol. The Kier molecular flexibility index (Phi) is 4.52. The van der Waals surface area contributed by atoms with Gasteiger partial charge in [0.2, 0.25) is 0 Å². The highest BCUT2D eigenvalue weighted by molar-refractivity contribution is 5.89. The number of carbonyl (C=O) groups is 1. The molecule has 0 spiro atoms. The Morgan fingerprint density at radius 2 is 2.05 bits per heavy atom. The minimum Gasteiger partial charge on any atom is -0.456 e. The summed E-state index contributed by atoms with van der Waals surface area (Å²) >= 11 is 0. The van der Waals surface area contributed by atoms with Crippen molar-refractivity contribution in [2.45, 2.75) is 37.9 Å². The lowest BCUT2D eigenvalue weighted by atomic mass is 10.0. The molecule has 0 unspecified atom stereocenters. The molecule has 0 radical (unpaired) electrons. The van der Waals surface area contributed by atoms with Crippen LogP contribution in [-0.2, 0) is 14.2 Å². The van der Waals surface area contributed by atoms with Gasteiger partial charge in [-0.3, -0.25) is 0 Å². The van der Waals surface area contributed by atoms with E-state index >= 15 is 0 Å². The second-order valence-electron chi connectivity index (χ2n) is 4.54. The molecule has 1 N–H and O–H groups in total. The zero-order valence-electron chi connectivity index (χ0n) is 11.0. The van der Waals surface area contributed by atoms with E-state index in [2.05, 4.69) is 0 Å². The molecule has 2 rings (SSSR count). The van der Waals surface area contributed by atoms with Crippen molar-refractivity contribution in [1.82, 2.24) is 0 Å². The van der Waals surface area contributed by atoms with Crippen LogP contribution in [0.1, 0.15) is 23.7 Å². The molecule has 1 fully saturated rings. The average molecular weight is 266 g/mol. The molecule has 0 aromatic heterocycles. The first-order chi connectivity index (χ1) is 9.11. The maximum absolute atomic E-state index is 11.9. The van der Waals surface area contributed by atoms with Crippen molar-refractivity contribution < 1.29 is 24.1 Å². The number of benzene rings is 1. The third-order valence-electron chi connectivity index (χ3n) is 3.18. The number of aliphatic hydroxyl groups excluding tert-OH is 1. The Morgan fingerprint density at radius 3 is 2.68 bits per heavy atom. The number of methoxy groups -OCH3 is 1. The second kappa shape index (κ2) is 6.14. The summed E-state index contributed by atoms with van der Waals surface area (Å²) in [6, 6.07) is 8.69. The molecule has 1 aromatic carbocycles. The van der Waals surface area contributed by atoms with Crippen LogP contribution in [0.5, 0.6) is 0 Å². The van der Waals surface area contributed by atoms with E-state index in [9.17, 15) is 9.90 Å². The molecule has 0 aliphatic carbocycles. The van der Waals surface area contributed by atoms with Gasteiger partial charge in [-0.2, -0.15) is 0 Å². The second-order valence-corrected chi connectivity index (χ2v) is 4.54. The molecule has 104 valence electrons. The van der Waals surface area contributed by atoms with E-state index in [-0.39, 0.29) is 0 Å². The first-order valence-corrected chi connectivity index (χ1v) is 6.24.